The molecule has 1 fully saturated rings. The molecule has 128 valence electrons. The maximum absolute atomic E-state index is 12.0. The highest BCUT2D eigenvalue weighted by Crippen LogP contribution is 2.23. The van der Waals surface area contributed by atoms with Gasteiger partial charge in [0.25, 0.3) is 5.24 Å². The van der Waals surface area contributed by atoms with Crippen LogP contribution in [0.5, 0.6) is 0 Å². The highest BCUT2D eigenvalue weighted by molar-refractivity contribution is 8.13. The summed E-state index contributed by atoms with van der Waals surface area (Å²) in [6.45, 7) is 1.20. The zero-order chi connectivity index (χ0) is 17.2. The summed E-state index contributed by atoms with van der Waals surface area (Å²) >= 11 is 2.91. The molecule has 0 atom stereocenters. The molecule has 0 bridgehead atoms. The van der Waals surface area contributed by atoms with Crippen LogP contribution in [0.2, 0.25) is 0 Å². The van der Waals surface area contributed by atoms with E-state index in [2.05, 4.69) is 10.3 Å². The number of benzene rings is 1. The number of amides is 2. The first-order valence-corrected chi connectivity index (χ1v) is 9.80. The minimum absolute atomic E-state index is 0.0668. The van der Waals surface area contributed by atoms with Crippen molar-refractivity contribution in [3.05, 3.63) is 42.0 Å². The second-order valence-corrected chi connectivity index (χ2v) is 7.62. The Kier molecular flexibility index (Phi) is 4.46. The van der Waals surface area contributed by atoms with Crippen LogP contribution in [0.25, 0.3) is 16.2 Å². The molecule has 1 saturated heterocycles. The number of aromatic nitrogens is 2. The Bertz CT molecular complexity index is 888. The maximum atomic E-state index is 12.0. The number of nitrogens with one attached hydrogen (secondary N) is 1. The van der Waals surface area contributed by atoms with E-state index in [1.54, 1.807) is 16.2 Å². The summed E-state index contributed by atoms with van der Waals surface area (Å²) in [5.41, 5.74) is 2.67. The van der Waals surface area contributed by atoms with Crippen LogP contribution in [0, 0.1) is 0 Å². The smallest absolute Gasteiger partial charge is 0.281 e. The number of fused-ring (bicyclic) bond motifs is 1. The fourth-order valence-corrected chi connectivity index (χ4v) is 4.23. The molecule has 6 nitrogen and oxygen atoms in total. The maximum Gasteiger partial charge on any atom is 0.281 e. The van der Waals surface area contributed by atoms with Gasteiger partial charge in [-0.2, -0.15) is 0 Å². The molecule has 1 aromatic carbocycles. The Labute approximate surface area is 152 Å². The van der Waals surface area contributed by atoms with Crippen molar-refractivity contribution in [1.82, 2.24) is 14.3 Å². The van der Waals surface area contributed by atoms with E-state index >= 15 is 0 Å². The molecule has 4 rings (SSSR count). The number of rotatable bonds is 5. The summed E-state index contributed by atoms with van der Waals surface area (Å²) in [7, 11) is 0. The van der Waals surface area contributed by atoms with Crippen LogP contribution < -0.4 is 5.32 Å². The quantitative estimate of drug-likeness (QED) is 0.744. The molecule has 3 aromatic rings. The average molecular weight is 372 g/mol. The lowest BCUT2D eigenvalue weighted by molar-refractivity contribution is -0.116. The molecule has 1 N–H and O–H groups in total. The topological polar surface area (TPSA) is 66.7 Å². The van der Waals surface area contributed by atoms with Crippen LogP contribution >= 0.6 is 23.1 Å². The number of nitrogens with zero attached hydrogens (tertiary/aromatic N) is 3. The predicted octanol–water partition coefficient (Wildman–Crippen LogP) is 3.56. The molecule has 0 radical (unpaired) electrons. The van der Waals surface area contributed by atoms with Gasteiger partial charge in [0.15, 0.2) is 4.96 Å². The lowest BCUT2D eigenvalue weighted by atomic mass is 10.1. The van der Waals surface area contributed by atoms with Crippen molar-refractivity contribution in [3.63, 3.8) is 0 Å². The van der Waals surface area contributed by atoms with Crippen LogP contribution in [0.3, 0.4) is 0 Å². The minimum atomic E-state index is -0.0834. The zero-order valence-corrected chi connectivity index (χ0v) is 15.0. The summed E-state index contributed by atoms with van der Waals surface area (Å²) in [5, 5.41) is 4.94. The fraction of sp³-hybridized carbons (Fsp3) is 0.235. The molecular weight excluding hydrogens is 356 g/mol. The number of carbonyl (C=O) groups is 2. The Morgan fingerprint density at radius 3 is 2.84 bits per heavy atom. The minimum Gasteiger partial charge on any atom is -0.332 e. The summed E-state index contributed by atoms with van der Waals surface area (Å²) in [5.74, 6) is 0.730. The van der Waals surface area contributed by atoms with Crippen LogP contribution in [-0.2, 0) is 4.79 Å². The fourth-order valence-electron chi connectivity index (χ4n) is 2.68. The third-order valence-electron chi connectivity index (χ3n) is 4.01. The van der Waals surface area contributed by atoms with E-state index in [1.165, 1.54) is 11.8 Å². The summed E-state index contributed by atoms with van der Waals surface area (Å²) in [6, 6.07) is 7.64. The van der Waals surface area contributed by atoms with Gasteiger partial charge >= 0.3 is 0 Å². The third-order valence-corrected chi connectivity index (χ3v) is 5.67. The number of carbonyl (C=O) groups excluding carboxylic acids is 2. The molecular formula is C17H16N4O2S2. The van der Waals surface area contributed by atoms with Gasteiger partial charge in [0.05, 0.1) is 5.69 Å². The highest BCUT2D eigenvalue weighted by Gasteiger charge is 2.21. The van der Waals surface area contributed by atoms with Crippen molar-refractivity contribution in [1.29, 1.82) is 0 Å². The number of anilines is 1. The van der Waals surface area contributed by atoms with Crippen LogP contribution in [-0.4, -0.2) is 44.3 Å². The van der Waals surface area contributed by atoms with E-state index < -0.39 is 0 Å². The number of thiazole rings is 1. The monoisotopic (exact) mass is 372 g/mol. The molecule has 0 unspecified atom stereocenters. The SMILES string of the molecule is O=C(CCN1CCSC1=O)Nc1ccc(-c2cn3ccsc3n2)cc1. The molecule has 3 heterocycles. The van der Waals surface area contributed by atoms with Gasteiger partial charge in [-0.05, 0) is 12.1 Å². The zero-order valence-electron chi connectivity index (χ0n) is 13.3. The predicted molar refractivity (Wildman–Crippen MR) is 101 cm³/mol. The number of imidazole rings is 1. The van der Waals surface area contributed by atoms with E-state index in [9.17, 15) is 9.59 Å². The van der Waals surface area contributed by atoms with Gasteiger partial charge in [-0.1, -0.05) is 23.9 Å². The van der Waals surface area contributed by atoms with Crippen LogP contribution in [0.15, 0.2) is 42.0 Å². The summed E-state index contributed by atoms with van der Waals surface area (Å²) in [6.07, 6.45) is 4.28. The first kappa shape index (κ1) is 16.2. The lowest BCUT2D eigenvalue weighted by Gasteiger charge is -2.14. The second-order valence-electron chi connectivity index (χ2n) is 5.70. The molecule has 25 heavy (non-hydrogen) atoms. The van der Waals surface area contributed by atoms with E-state index in [0.29, 0.717) is 13.0 Å². The van der Waals surface area contributed by atoms with Gasteiger partial charge in [0, 0.05) is 54.3 Å². The van der Waals surface area contributed by atoms with Gasteiger partial charge in [0.1, 0.15) is 0 Å². The third kappa shape index (κ3) is 3.54. The molecule has 0 aliphatic carbocycles. The Morgan fingerprint density at radius 2 is 2.12 bits per heavy atom. The Balaban J connectivity index is 1.36. The Morgan fingerprint density at radius 1 is 1.28 bits per heavy atom. The van der Waals surface area contributed by atoms with Gasteiger partial charge in [-0.25, -0.2) is 4.98 Å². The molecule has 2 aromatic heterocycles. The number of thioether (sulfide) groups is 1. The molecule has 1 aliphatic rings. The van der Waals surface area contributed by atoms with E-state index in [1.807, 2.05) is 46.4 Å². The molecule has 0 spiro atoms. The van der Waals surface area contributed by atoms with Gasteiger partial charge in [0.2, 0.25) is 5.91 Å². The van der Waals surface area contributed by atoms with E-state index in [-0.39, 0.29) is 11.1 Å². The van der Waals surface area contributed by atoms with Gasteiger partial charge in [-0.15, -0.1) is 11.3 Å². The van der Waals surface area contributed by atoms with Crippen molar-refractivity contribution < 1.29 is 9.59 Å². The summed E-state index contributed by atoms with van der Waals surface area (Å²) in [4.78, 5) is 30.8. The second kappa shape index (κ2) is 6.89. The number of hydrogen-bond acceptors (Lipinski definition) is 5. The standard InChI is InChI=1S/C17H16N4O2S2/c22-15(5-6-20-7-10-25-17(20)23)18-13-3-1-12(2-4-13)14-11-21-8-9-24-16(21)19-14/h1-4,8-9,11H,5-7,10H2,(H,18,22). The first-order chi connectivity index (χ1) is 12.2. The molecule has 0 saturated carbocycles. The van der Waals surface area contributed by atoms with E-state index in [0.717, 1.165) is 34.2 Å². The van der Waals surface area contributed by atoms with Crippen LogP contribution in [0.4, 0.5) is 10.5 Å². The highest BCUT2D eigenvalue weighted by atomic mass is 32.2. The molecule has 2 amide bonds. The lowest BCUT2D eigenvalue weighted by Crippen LogP contribution is -2.27. The van der Waals surface area contributed by atoms with Crippen molar-refractivity contribution in [2.75, 3.05) is 24.2 Å². The summed E-state index contributed by atoms with van der Waals surface area (Å²) < 4.78 is 1.99. The largest absolute Gasteiger partial charge is 0.332 e. The van der Waals surface area contributed by atoms with Crippen LogP contribution in [0.1, 0.15) is 6.42 Å². The molecule has 1 aliphatic heterocycles. The average Bonchev–Trinajstić information content (AvgIpc) is 3.29. The molecule has 8 heteroatoms. The van der Waals surface area contributed by atoms with Gasteiger partial charge in [-0.3, -0.25) is 14.0 Å². The van der Waals surface area contributed by atoms with Crippen molar-refractivity contribution >= 4 is 44.9 Å². The van der Waals surface area contributed by atoms with E-state index in [4.69, 9.17) is 0 Å². The first-order valence-electron chi connectivity index (χ1n) is 7.93. The number of hydrogen-bond donors (Lipinski definition) is 1. The van der Waals surface area contributed by atoms with Crippen molar-refractivity contribution in [2.24, 2.45) is 0 Å². The van der Waals surface area contributed by atoms with Gasteiger partial charge < -0.3 is 10.2 Å². The normalized spacial score (nSPS) is 14.4. The van der Waals surface area contributed by atoms with Crippen molar-refractivity contribution in [3.8, 4) is 11.3 Å². The Hall–Kier alpha value is -2.32. The van der Waals surface area contributed by atoms with Crippen molar-refractivity contribution in [2.45, 2.75) is 6.42 Å².